The number of urea groups is 1. The number of carbonyl (C=O) groups is 3. The molecule has 1 heterocycles. The van der Waals surface area contributed by atoms with Crippen LogP contribution in [0.5, 0.6) is 0 Å². The number of hydrogen-bond acceptors (Lipinski definition) is 3. The second-order valence-electron chi connectivity index (χ2n) is 3.88. The zero-order chi connectivity index (χ0) is 12.8. The van der Waals surface area contributed by atoms with E-state index in [1.54, 1.807) is 11.9 Å². The molecule has 0 radical (unpaired) electrons. The molecular formula is C10H16ClN3O3. The summed E-state index contributed by atoms with van der Waals surface area (Å²) in [6.45, 7) is 1.10. The summed E-state index contributed by atoms with van der Waals surface area (Å²) >= 11 is 5.39. The van der Waals surface area contributed by atoms with E-state index in [-0.39, 0.29) is 24.8 Å². The molecule has 0 spiro atoms. The lowest BCUT2D eigenvalue weighted by Gasteiger charge is -2.19. The van der Waals surface area contributed by atoms with E-state index in [1.165, 1.54) is 4.90 Å². The molecule has 7 heteroatoms. The van der Waals surface area contributed by atoms with Crippen LogP contribution in [-0.2, 0) is 9.59 Å². The maximum atomic E-state index is 11.7. The highest BCUT2D eigenvalue weighted by molar-refractivity contribution is 6.19. The quantitative estimate of drug-likeness (QED) is 0.713. The van der Waals surface area contributed by atoms with Gasteiger partial charge in [-0.2, -0.15) is 0 Å². The first-order chi connectivity index (χ1) is 8.04. The van der Waals surface area contributed by atoms with Gasteiger partial charge in [-0.25, -0.2) is 4.79 Å². The van der Waals surface area contributed by atoms with Gasteiger partial charge in [-0.3, -0.25) is 14.9 Å². The second-order valence-corrected chi connectivity index (χ2v) is 4.26. The van der Waals surface area contributed by atoms with E-state index in [2.05, 4.69) is 5.32 Å². The summed E-state index contributed by atoms with van der Waals surface area (Å²) in [6, 6.07) is -0.524. The summed E-state index contributed by atoms with van der Waals surface area (Å²) in [4.78, 5) is 37.3. The summed E-state index contributed by atoms with van der Waals surface area (Å²) in [5.74, 6) is -0.377. The van der Waals surface area contributed by atoms with Gasteiger partial charge >= 0.3 is 6.03 Å². The van der Waals surface area contributed by atoms with Crippen LogP contribution in [0.3, 0.4) is 0 Å². The molecule has 0 unspecified atom stereocenters. The molecule has 0 aromatic carbocycles. The number of likely N-dealkylation sites (N-methyl/N-ethyl adjacent to an activating group) is 1. The summed E-state index contributed by atoms with van der Waals surface area (Å²) in [5, 5.41) is 2.21. The summed E-state index contributed by atoms with van der Waals surface area (Å²) in [6.07, 6.45) is 0.800. The monoisotopic (exact) mass is 261 g/mol. The molecule has 6 nitrogen and oxygen atoms in total. The molecule has 1 fully saturated rings. The lowest BCUT2D eigenvalue weighted by Crippen LogP contribution is -2.45. The van der Waals surface area contributed by atoms with E-state index in [9.17, 15) is 14.4 Å². The Morgan fingerprint density at radius 3 is 2.76 bits per heavy atom. The third-order valence-corrected chi connectivity index (χ3v) is 2.72. The molecular weight excluding hydrogens is 246 g/mol. The van der Waals surface area contributed by atoms with E-state index < -0.39 is 11.9 Å². The zero-order valence-corrected chi connectivity index (χ0v) is 10.5. The minimum absolute atomic E-state index is 0.0104. The highest BCUT2D eigenvalue weighted by atomic mass is 35.5. The molecule has 0 bridgehead atoms. The van der Waals surface area contributed by atoms with Crippen molar-refractivity contribution in [1.29, 1.82) is 0 Å². The minimum Gasteiger partial charge on any atom is -0.344 e. The SMILES string of the molecule is CN1CCCN(C(=O)NC(=O)CCCl)CC1=O. The Morgan fingerprint density at radius 1 is 1.41 bits per heavy atom. The standard InChI is InChI=1S/C10H16ClN3O3/c1-13-5-2-6-14(7-9(13)16)10(17)12-8(15)3-4-11/h2-7H2,1H3,(H,12,15,17). The smallest absolute Gasteiger partial charge is 0.324 e. The van der Waals surface area contributed by atoms with Gasteiger partial charge in [0, 0.05) is 32.4 Å². The number of nitrogens with one attached hydrogen (secondary N) is 1. The van der Waals surface area contributed by atoms with Crippen LogP contribution in [0.4, 0.5) is 4.79 Å². The Morgan fingerprint density at radius 2 is 2.12 bits per heavy atom. The Bertz CT molecular complexity index is 322. The summed E-state index contributed by atoms with van der Waals surface area (Å²) in [5.41, 5.74) is 0. The van der Waals surface area contributed by atoms with Crippen LogP contribution in [0.2, 0.25) is 0 Å². The third-order valence-electron chi connectivity index (χ3n) is 2.53. The molecule has 17 heavy (non-hydrogen) atoms. The molecule has 0 aliphatic carbocycles. The van der Waals surface area contributed by atoms with Crippen LogP contribution in [0.15, 0.2) is 0 Å². The van der Waals surface area contributed by atoms with Crippen LogP contribution in [-0.4, -0.2) is 60.2 Å². The van der Waals surface area contributed by atoms with Gasteiger partial charge < -0.3 is 9.80 Å². The molecule has 1 saturated heterocycles. The summed E-state index contributed by atoms with van der Waals surface area (Å²) < 4.78 is 0. The van der Waals surface area contributed by atoms with Gasteiger partial charge in [0.25, 0.3) is 0 Å². The van der Waals surface area contributed by atoms with Crippen molar-refractivity contribution in [2.45, 2.75) is 12.8 Å². The highest BCUT2D eigenvalue weighted by Crippen LogP contribution is 2.02. The van der Waals surface area contributed by atoms with Gasteiger partial charge in [0.05, 0.1) is 0 Å². The Hall–Kier alpha value is -1.30. The van der Waals surface area contributed by atoms with Crippen molar-refractivity contribution >= 4 is 29.4 Å². The molecule has 0 aromatic rings. The van der Waals surface area contributed by atoms with E-state index in [0.717, 1.165) is 0 Å². The van der Waals surface area contributed by atoms with Gasteiger partial charge in [-0.15, -0.1) is 11.6 Å². The number of carbonyl (C=O) groups excluding carboxylic acids is 3. The van der Waals surface area contributed by atoms with Crippen LogP contribution < -0.4 is 5.32 Å². The molecule has 1 aliphatic rings. The highest BCUT2D eigenvalue weighted by Gasteiger charge is 2.23. The number of halogens is 1. The zero-order valence-electron chi connectivity index (χ0n) is 9.74. The predicted molar refractivity (Wildman–Crippen MR) is 62.7 cm³/mol. The van der Waals surface area contributed by atoms with Crippen molar-refractivity contribution in [1.82, 2.24) is 15.1 Å². The van der Waals surface area contributed by atoms with Crippen molar-refractivity contribution < 1.29 is 14.4 Å². The van der Waals surface area contributed by atoms with E-state index >= 15 is 0 Å². The number of alkyl halides is 1. The van der Waals surface area contributed by atoms with Gasteiger partial charge in [0.2, 0.25) is 11.8 Å². The number of amides is 4. The Labute approximate surface area is 105 Å². The largest absolute Gasteiger partial charge is 0.344 e. The average molecular weight is 262 g/mol. The number of nitrogens with zero attached hydrogens (tertiary/aromatic N) is 2. The van der Waals surface area contributed by atoms with Crippen molar-refractivity contribution in [3.8, 4) is 0 Å². The van der Waals surface area contributed by atoms with Crippen molar-refractivity contribution in [2.24, 2.45) is 0 Å². The lowest BCUT2D eigenvalue weighted by molar-refractivity contribution is -0.129. The van der Waals surface area contributed by atoms with Crippen molar-refractivity contribution in [3.05, 3.63) is 0 Å². The summed E-state index contributed by atoms with van der Waals surface area (Å²) in [7, 11) is 1.70. The van der Waals surface area contributed by atoms with Crippen LogP contribution in [0.25, 0.3) is 0 Å². The first-order valence-electron chi connectivity index (χ1n) is 5.43. The first-order valence-corrected chi connectivity index (χ1v) is 5.96. The van der Waals surface area contributed by atoms with E-state index in [1.807, 2.05) is 0 Å². The third kappa shape index (κ3) is 4.22. The Balaban J connectivity index is 2.51. The molecule has 1 rings (SSSR count). The molecule has 1 aliphatic heterocycles. The Kier molecular flexibility index (Phi) is 5.21. The number of imide groups is 1. The van der Waals surface area contributed by atoms with Gasteiger partial charge in [-0.05, 0) is 6.42 Å². The fraction of sp³-hybridized carbons (Fsp3) is 0.700. The molecule has 0 atom stereocenters. The average Bonchev–Trinajstić information content (AvgIpc) is 2.42. The maximum Gasteiger partial charge on any atom is 0.324 e. The van der Waals surface area contributed by atoms with Crippen molar-refractivity contribution in [2.75, 3.05) is 32.6 Å². The first kappa shape index (κ1) is 13.8. The molecule has 1 N–H and O–H groups in total. The van der Waals surface area contributed by atoms with Crippen LogP contribution in [0, 0.1) is 0 Å². The molecule has 4 amide bonds. The van der Waals surface area contributed by atoms with Gasteiger partial charge in [0.15, 0.2) is 0 Å². The van der Waals surface area contributed by atoms with E-state index in [4.69, 9.17) is 11.6 Å². The van der Waals surface area contributed by atoms with Crippen molar-refractivity contribution in [3.63, 3.8) is 0 Å². The topological polar surface area (TPSA) is 69.7 Å². The van der Waals surface area contributed by atoms with E-state index in [0.29, 0.717) is 19.5 Å². The molecule has 0 aromatic heterocycles. The van der Waals surface area contributed by atoms with Crippen LogP contribution in [0.1, 0.15) is 12.8 Å². The fourth-order valence-electron chi connectivity index (χ4n) is 1.51. The maximum absolute atomic E-state index is 11.7. The predicted octanol–water partition coefficient (Wildman–Crippen LogP) is 0.0156. The van der Waals surface area contributed by atoms with Gasteiger partial charge in [0.1, 0.15) is 6.54 Å². The normalized spacial score (nSPS) is 16.7. The fourth-order valence-corrected chi connectivity index (χ4v) is 1.68. The molecule has 96 valence electrons. The van der Waals surface area contributed by atoms with Crippen LogP contribution >= 0.6 is 11.6 Å². The van der Waals surface area contributed by atoms with Gasteiger partial charge in [-0.1, -0.05) is 0 Å². The second kappa shape index (κ2) is 6.44. The lowest BCUT2D eigenvalue weighted by atomic mass is 10.4. The minimum atomic E-state index is -0.524. The number of rotatable bonds is 2. The molecule has 0 saturated carbocycles. The number of hydrogen-bond donors (Lipinski definition) is 1.